The van der Waals surface area contributed by atoms with Crippen molar-refractivity contribution in [3.8, 4) is 0 Å². The molecule has 0 saturated carbocycles. The summed E-state index contributed by atoms with van der Waals surface area (Å²) >= 11 is 0. The summed E-state index contributed by atoms with van der Waals surface area (Å²) in [7, 11) is 1.45. The number of alkyl halides is 1. The number of nitrogens with one attached hydrogen (secondary N) is 2. The van der Waals surface area contributed by atoms with Gasteiger partial charge in [0, 0.05) is 13.1 Å². The number of carboxylic acids is 1. The summed E-state index contributed by atoms with van der Waals surface area (Å²) in [6.07, 6.45) is -0.605. The number of rotatable bonds is 4. The van der Waals surface area contributed by atoms with Gasteiger partial charge in [-0.2, -0.15) is 0 Å². The van der Waals surface area contributed by atoms with Crippen LogP contribution in [0.25, 0.3) is 0 Å². The molecule has 1 aliphatic heterocycles. The van der Waals surface area contributed by atoms with Crippen molar-refractivity contribution in [1.82, 2.24) is 10.3 Å². The predicted molar refractivity (Wildman–Crippen MR) is 72.3 cm³/mol. The van der Waals surface area contributed by atoms with Crippen LogP contribution in [0.15, 0.2) is 6.07 Å². The van der Waals surface area contributed by atoms with Gasteiger partial charge in [0.25, 0.3) is 0 Å². The highest BCUT2D eigenvalue weighted by Crippen LogP contribution is 2.31. The maximum absolute atomic E-state index is 13.5. The first-order valence-corrected chi connectivity index (χ1v) is 6.41. The molecule has 3 N–H and O–H groups in total. The zero-order chi connectivity index (χ0) is 15.6. The van der Waals surface area contributed by atoms with E-state index >= 15 is 0 Å². The quantitative estimate of drug-likeness (QED) is 0.569. The van der Waals surface area contributed by atoms with Gasteiger partial charge in [-0.25, -0.2) is 14.2 Å². The maximum Gasteiger partial charge on any atom is 0.337 e. The average molecular weight is 298 g/mol. The standard InChI is InChI=1S/C12H15FN4O4/c1-14-11-9(17(20)21)5-7(12(18)19)10(16-11)8-4-6(13)2-3-15-8/h5-6,8,15H,2-4H2,1H3,(H,14,16)(H,18,19). The van der Waals surface area contributed by atoms with Crippen molar-refractivity contribution in [3.05, 3.63) is 27.4 Å². The highest BCUT2D eigenvalue weighted by atomic mass is 19.1. The van der Waals surface area contributed by atoms with Gasteiger partial charge in [-0.05, 0) is 19.4 Å². The van der Waals surface area contributed by atoms with Crippen LogP contribution in [-0.4, -0.2) is 40.7 Å². The van der Waals surface area contributed by atoms with Crippen LogP contribution in [-0.2, 0) is 0 Å². The van der Waals surface area contributed by atoms with E-state index in [2.05, 4.69) is 15.6 Å². The minimum absolute atomic E-state index is 0.0391. The van der Waals surface area contributed by atoms with Crippen LogP contribution in [0.4, 0.5) is 15.9 Å². The number of pyridine rings is 1. The fraction of sp³-hybridized carbons (Fsp3) is 0.500. The van der Waals surface area contributed by atoms with E-state index in [1.54, 1.807) is 0 Å². The Morgan fingerprint density at radius 1 is 1.67 bits per heavy atom. The molecule has 8 nitrogen and oxygen atoms in total. The Labute approximate surface area is 119 Å². The summed E-state index contributed by atoms with van der Waals surface area (Å²) in [5.74, 6) is -1.37. The second kappa shape index (κ2) is 6.00. The van der Waals surface area contributed by atoms with Crippen molar-refractivity contribution in [2.75, 3.05) is 18.9 Å². The Kier molecular flexibility index (Phi) is 4.32. The summed E-state index contributed by atoms with van der Waals surface area (Å²) in [5.41, 5.74) is -0.599. The molecule has 0 bridgehead atoms. The molecule has 2 rings (SSSR count). The smallest absolute Gasteiger partial charge is 0.337 e. The van der Waals surface area contributed by atoms with E-state index < -0.39 is 28.8 Å². The van der Waals surface area contributed by atoms with Crippen LogP contribution in [0.5, 0.6) is 0 Å². The third-order valence-corrected chi connectivity index (χ3v) is 3.37. The zero-order valence-corrected chi connectivity index (χ0v) is 11.3. The van der Waals surface area contributed by atoms with Crippen molar-refractivity contribution in [2.24, 2.45) is 0 Å². The Morgan fingerprint density at radius 2 is 2.38 bits per heavy atom. The molecule has 0 aliphatic carbocycles. The molecule has 2 atom stereocenters. The third-order valence-electron chi connectivity index (χ3n) is 3.37. The van der Waals surface area contributed by atoms with Crippen molar-refractivity contribution in [1.29, 1.82) is 0 Å². The molecule has 9 heteroatoms. The predicted octanol–water partition coefficient (Wildman–Crippen LogP) is 1.49. The molecule has 1 fully saturated rings. The van der Waals surface area contributed by atoms with Crippen molar-refractivity contribution in [2.45, 2.75) is 25.1 Å². The summed E-state index contributed by atoms with van der Waals surface area (Å²) < 4.78 is 13.5. The summed E-state index contributed by atoms with van der Waals surface area (Å²) in [6, 6.07) is 0.382. The van der Waals surface area contributed by atoms with Gasteiger partial charge in [0.15, 0.2) is 0 Å². The maximum atomic E-state index is 13.5. The van der Waals surface area contributed by atoms with E-state index in [1.807, 2.05) is 0 Å². The van der Waals surface area contributed by atoms with Crippen LogP contribution in [0.2, 0.25) is 0 Å². The highest BCUT2D eigenvalue weighted by Gasteiger charge is 2.30. The second-order valence-corrected chi connectivity index (χ2v) is 4.73. The van der Waals surface area contributed by atoms with Crippen molar-refractivity contribution in [3.63, 3.8) is 0 Å². The Hall–Kier alpha value is -2.29. The molecule has 21 heavy (non-hydrogen) atoms. The van der Waals surface area contributed by atoms with E-state index in [-0.39, 0.29) is 23.5 Å². The van der Waals surface area contributed by atoms with Gasteiger partial charge in [-0.1, -0.05) is 0 Å². The monoisotopic (exact) mass is 298 g/mol. The van der Waals surface area contributed by atoms with Gasteiger partial charge in [-0.3, -0.25) is 10.1 Å². The minimum atomic E-state index is -1.33. The zero-order valence-electron chi connectivity index (χ0n) is 11.3. The lowest BCUT2D eigenvalue weighted by Gasteiger charge is -2.26. The number of nitrogens with zero attached hydrogens (tertiary/aromatic N) is 2. The van der Waals surface area contributed by atoms with E-state index in [4.69, 9.17) is 0 Å². The third kappa shape index (κ3) is 3.07. The minimum Gasteiger partial charge on any atom is -0.478 e. The number of anilines is 1. The number of nitro groups is 1. The summed E-state index contributed by atoms with van der Waals surface area (Å²) in [4.78, 5) is 25.6. The molecular weight excluding hydrogens is 283 g/mol. The molecule has 1 aromatic heterocycles. The lowest BCUT2D eigenvalue weighted by Crippen LogP contribution is -2.34. The molecule has 1 aromatic rings. The van der Waals surface area contributed by atoms with E-state index in [9.17, 15) is 24.4 Å². The number of hydrogen-bond acceptors (Lipinski definition) is 6. The first-order chi connectivity index (χ1) is 9.93. The number of halogens is 1. The molecule has 0 aromatic carbocycles. The first kappa shape index (κ1) is 15.1. The number of hydrogen-bond donors (Lipinski definition) is 3. The summed E-state index contributed by atoms with van der Waals surface area (Å²) in [6.45, 7) is 0.401. The van der Waals surface area contributed by atoms with E-state index in [0.717, 1.165) is 6.07 Å². The van der Waals surface area contributed by atoms with Crippen LogP contribution in [0.1, 0.15) is 34.9 Å². The van der Waals surface area contributed by atoms with Gasteiger partial charge >= 0.3 is 11.7 Å². The number of aromatic carboxylic acids is 1. The second-order valence-electron chi connectivity index (χ2n) is 4.73. The molecule has 1 aliphatic rings. The topological polar surface area (TPSA) is 117 Å². The van der Waals surface area contributed by atoms with Gasteiger partial charge in [0.05, 0.1) is 22.2 Å². The van der Waals surface area contributed by atoms with E-state index in [1.165, 1.54) is 7.05 Å². The van der Waals surface area contributed by atoms with Crippen LogP contribution < -0.4 is 10.6 Å². The molecule has 0 radical (unpaired) electrons. The molecule has 0 amide bonds. The molecule has 2 heterocycles. The fourth-order valence-corrected chi connectivity index (χ4v) is 2.36. The van der Waals surface area contributed by atoms with Gasteiger partial charge in [0.2, 0.25) is 5.82 Å². The highest BCUT2D eigenvalue weighted by molar-refractivity contribution is 5.90. The Morgan fingerprint density at radius 3 is 2.90 bits per heavy atom. The molecular formula is C12H15FN4O4. The Balaban J connectivity index is 2.52. The van der Waals surface area contributed by atoms with Gasteiger partial charge in [0.1, 0.15) is 6.17 Å². The number of piperidine rings is 1. The largest absolute Gasteiger partial charge is 0.478 e. The van der Waals surface area contributed by atoms with Crippen molar-refractivity contribution < 1.29 is 19.2 Å². The van der Waals surface area contributed by atoms with Crippen LogP contribution >= 0.6 is 0 Å². The SMILES string of the molecule is CNc1nc(C2CC(F)CCN2)c(C(=O)O)cc1[N+](=O)[O-]. The number of carbonyl (C=O) groups is 1. The molecule has 0 spiro atoms. The van der Waals surface area contributed by atoms with Crippen LogP contribution in [0.3, 0.4) is 0 Å². The lowest BCUT2D eigenvalue weighted by atomic mass is 9.96. The van der Waals surface area contributed by atoms with Crippen molar-refractivity contribution >= 4 is 17.5 Å². The summed E-state index contributed by atoms with van der Waals surface area (Å²) in [5, 5.41) is 25.7. The lowest BCUT2D eigenvalue weighted by molar-refractivity contribution is -0.384. The molecule has 114 valence electrons. The number of aromatic nitrogens is 1. The molecule has 1 saturated heterocycles. The average Bonchev–Trinajstić information content (AvgIpc) is 2.45. The number of carboxylic acid groups (broad SMARTS) is 1. The fourth-order valence-electron chi connectivity index (χ4n) is 2.36. The van der Waals surface area contributed by atoms with Crippen LogP contribution in [0, 0.1) is 10.1 Å². The Bertz CT molecular complexity index is 581. The first-order valence-electron chi connectivity index (χ1n) is 6.41. The van der Waals surface area contributed by atoms with E-state index in [0.29, 0.717) is 13.0 Å². The normalized spacial score (nSPS) is 21.8. The molecule has 2 unspecified atom stereocenters. The van der Waals surface area contributed by atoms with Gasteiger partial charge in [-0.15, -0.1) is 0 Å². The van der Waals surface area contributed by atoms with Gasteiger partial charge < -0.3 is 15.7 Å².